The topological polar surface area (TPSA) is 59.8 Å². The van der Waals surface area contributed by atoms with Gasteiger partial charge in [-0.15, -0.1) is 11.3 Å². The predicted octanol–water partition coefficient (Wildman–Crippen LogP) is 4.57. The molecular weight excluding hydrogens is 391 g/mol. The predicted molar refractivity (Wildman–Crippen MR) is 99.0 cm³/mol. The van der Waals surface area contributed by atoms with Crippen LogP contribution in [0.1, 0.15) is 10.6 Å². The fourth-order valence-electron chi connectivity index (χ4n) is 2.05. The maximum absolute atomic E-state index is 12.5. The summed E-state index contributed by atoms with van der Waals surface area (Å²) in [6.45, 7) is 2.44. The van der Waals surface area contributed by atoms with Crippen LogP contribution in [0.5, 0.6) is 0 Å². The zero-order chi connectivity index (χ0) is 17.3. The average Bonchev–Trinajstić information content (AvgIpc) is 2.95. The highest BCUT2D eigenvalue weighted by Gasteiger charge is 2.13. The Morgan fingerprint density at radius 1 is 1.29 bits per heavy atom. The summed E-state index contributed by atoms with van der Waals surface area (Å²) in [7, 11) is 0. The molecule has 0 atom stereocenters. The zero-order valence-electron chi connectivity index (χ0n) is 12.4. The van der Waals surface area contributed by atoms with E-state index in [1.165, 1.54) is 17.5 Å². The second-order valence-corrected chi connectivity index (χ2v) is 7.06. The van der Waals surface area contributed by atoms with E-state index in [0.717, 1.165) is 15.3 Å². The van der Waals surface area contributed by atoms with Crippen LogP contribution in [0, 0.1) is 6.92 Å². The SMILES string of the molecule is Cc1ncsc1CNc1cnn(-c2ccc(Cl)cc2Cl)c(=O)c1Cl. The largest absolute Gasteiger partial charge is 0.377 e. The first-order valence-electron chi connectivity index (χ1n) is 6.83. The Labute approximate surface area is 156 Å². The van der Waals surface area contributed by atoms with E-state index in [-0.39, 0.29) is 5.02 Å². The summed E-state index contributed by atoms with van der Waals surface area (Å²) >= 11 is 19.7. The third-order valence-electron chi connectivity index (χ3n) is 3.34. The molecule has 0 aliphatic carbocycles. The summed E-state index contributed by atoms with van der Waals surface area (Å²) in [4.78, 5) is 17.7. The van der Waals surface area contributed by atoms with Crippen LogP contribution in [-0.2, 0) is 6.54 Å². The Hall–Kier alpha value is -1.60. The van der Waals surface area contributed by atoms with Gasteiger partial charge in [-0.3, -0.25) is 4.79 Å². The van der Waals surface area contributed by atoms with Crippen LogP contribution < -0.4 is 10.9 Å². The number of aromatic nitrogens is 3. The number of nitrogens with zero attached hydrogens (tertiary/aromatic N) is 3. The molecule has 2 aromatic heterocycles. The second kappa shape index (κ2) is 7.11. The normalized spacial score (nSPS) is 10.8. The lowest BCUT2D eigenvalue weighted by molar-refractivity contribution is 0.807. The number of aryl methyl sites for hydroxylation is 1. The third kappa shape index (κ3) is 3.42. The van der Waals surface area contributed by atoms with Crippen LogP contribution in [0.3, 0.4) is 0 Å². The lowest BCUT2D eigenvalue weighted by atomic mass is 10.3. The number of thiazole rings is 1. The van der Waals surface area contributed by atoms with Crippen LogP contribution in [-0.4, -0.2) is 14.8 Å². The summed E-state index contributed by atoms with van der Waals surface area (Å²) in [5, 5.41) is 8.07. The molecule has 1 N–H and O–H groups in total. The van der Waals surface area contributed by atoms with Gasteiger partial charge in [0.05, 0.1) is 40.3 Å². The summed E-state index contributed by atoms with van der Waals surface area (Å²) in [5.41, 5.74) is 3.12. The first-order valence-corrected chi connectivity index (χ1v) is 8.85. The molecule has 3 aromatic rings. The molecule has 0 aliphatic heterocycles. The van der Waals surface area contributed by atoms with Crippen molar-refractivity contribution in [3.8, 4) is 5.69 Å². The molecule has 124 valence electrons. The van der Waals surface area contributed by atoms with Crippen molar-refractivity contribution in [3.05, 3.63) is 65.9 Å². The Balaban J connectivity index is 1.91. The van der Waals surface area contributed by atoms with E-state index in [4.69, 9.17) is 34.8 Å². The van der Waals surface area contributed by atoms with Crippen molar-refractivity contribution < 1.29 is 0 Å². The lowest BCUT2D eigenvalue weighted by Crippen LogP contribution is -2.23. The van der Waals surface area contributed by atoms with Crippen molar-refractivity contribution in [1.82, 2.24) is 14.8 Å². The first-order chi connectivity index (χ1) is 11.5. The molecule has 0 saturated heterocycles. The summed E-state index contributed by atoms with van der Waals surface area (Å²) < 4.78 is 1.14. The first kappa shape index (κ1) is 17.2. The summed E-state index contributed by atoms with van der Waals surface area (Å²) in [6.07, 6.45) is 1.49. The van der Waals surface area contributed by atoms with Crippen molar-refractivity contribution in [2.45, 2.75) is 13.5 Å². The minimum absolute atomic E-state index is 0.0400. The molecule has 0 bridgehead atoms. The van der Waals surface area contributed by atoms with Crippen LogP contribution in [0.15, 0.2) is 34.7 Å². The van der Waals surface area contributed by atoms with Crippen molar-refractivity contribution in [3.63, 3.8) is 0 Å². The van der Waals surface area contributed by atoms with E-state index in [9.17, 15) is 4.79 Å². The minimum atomic E-state index is -0.466. The van der Waals surface area contributed by atoms with E-state index >= 15 is 0 Å². The van der Waals surface area contributed by atoms with Gasteiger partial charge < -0.3 is 5.32 Å². The van der Waals surface area contributed by atoms with Crippen molar-refractivity contribution in [1.29, 1.82) is 0 Å². The number of benzene rings is 1. The van der Waals surface area contributed by atoms with Gasteiger partial charge in [0.25, 0.3) is 5.56 Å². The van der Waals surface area contributed by atoms with Gasteiger partial charge in [0, 0.05) is 9.90 Å². The van der Waals surface area contributed by atoms with Crippen LogP contribution in [0.4, 0.5) is 5.69 Å². The minimum Gasteiger partial charge on any atom is -0.377 e. The van der Waals surface area contributed by atoms with Gasteiger partial charge in [-0.1, -0.05) is 34.8 Å². The molecule has 5 nitrogen and oxygen atoms in total. The van der Waals surface area contributed by atoms with Crippen molar-refractivity contribution in [2.24, 2.45) is 0 Å². The van der Waals surface area contributed by atoms with Gasteiger partial charge in [-0.05, 0) is 25.1 Å². The molecule has 0 spiro atoms. The fourth-order valence-corrected chi connectivity index (χ4v) is 3.45. The van der Waals surface area contributed by atoms with Gasteiger partial charge in [-0.25, -0.2) is 4.98 Å². The zero-order valence-corrected chi connectivity index (χ0v) is 15.5. The molecule has 0 aliphatic rings. The molecule has 0 amide bonds. The van der Waals surface area contributed by atoms with Crippen molar-refractivity contribution in [2.75, 3.05) is 5.32 Å². The van der Waals surface area contributed by atoms with Crippen LogP contribution >= 0.6 is 46.1 Å². The quantitative estimate of drug-likeness (QED) is 0.695. The fraction of sp³-hybridized carbons (Fsp3) is 0.133. The molecule has 0 unspecified atom stereocenters. The number of nitrogens with one attached hydrogen (secondary N) is 1. The van der Waals surface area contributed by atoms with Crippen LogP contribution in [0.25, 0.3) is 5.69 Å². The highest BCUT2D eigenvalue weighted by Crippen LogP contribution is 2.25. The molecule has 0 saturated carbocycles. The maximum atomic E-state index is 12.5. The second-order valence-electron chi connectivity index (χ2n) is 4.90. The van der Waals surface area contributed by atoms with Gasteiger partial charge in [0.15, 0.2) is 0 Å². The Morgan fingerprint density at radius 2 is 2.08 bits per heavy atom. The van der Waals surface area contributed by atoms with Crippen molar-refractivity contribution >= 4 is 51.8 Å². The highest BCUT2D eigenvalue weighted by molar-refractivity contribution is 7.09. The molecular formula is C15H11Cl3N4OS. The number of halogens is 3. The van der Waals surface area contributed by atoms with E-state index in [0.29, 0.717) is 28.0 Å². The lowest BCUT2D eigenvalue weighted by Gasteiger charge is -2.11. The van der Waals surface area contributed by atoms with Gasteiger partial charge >= 0.3 is 0 Å². The smallest absolute Gasteiger partial charge is 0.292 e. The number of hydrogen-bond acceptors (Lipinski definition) is 5. The highest BCUT2D eigenvalue weighted by atomic mass is 35.5. The number of anilines is 1. The molecule has 2 heterocycles. The van der Waals surface area contributed by atoms with E-state index in [1.54, 1.807) is 23.7 Å². The van der Waals surface area contributed by atoms with E-state index < -0.39 is 5.56 Å². The number of rotatable bonds is 4. The summed E-state index contributed by atoms with van der Waals surface area (Å²) in [6, 6.07) is 4.78. The maximum Gasteiger partial charge on any atom is 0.292 e. The monoisotopic (exact) mass is 400 g/mol. The van der Waals surface area contributed by atoms with Crippen LogP contribution in [0.2, 0.25) is 15.1 Å². The molecule has 3 rings (SSSR count). The van der Waals surface area contributed by atoms with E-state index in [2.05, 4.69) is 15.4 Å². The Bertz CT molecular complexity index is 954. The number of hydrogen-bond donors (Lipinski definition) is 1. The molecule has 0 fully saturated rings. The van der Waals surface area contributed by atoms with Gasteiger partial charge in [0.2, 0.25) is 0 Å². The molecule has 24 heavy (non-hydrogen) atoms. The molecule has 1 aromatic carbocycles. The third-order valence-corrected chi connectivity index (χ3v) is 5.18. The summed E-state index contributed by atoms with van der Waals surface area (Å²) in [5.74, 6) is 0. The Morgan fingerprint density at radius 3 is 2.75 bits per heavy atom. The van der Waals surface area contributed by atoms with Gasteiger partial charge in [0.1, 0.15) is 5.02 Å². The standard InChI is InChI=1S/C15H11Cl3N4OS/c1-8-13(24-7-20-8)6-19-11-5-21-22(15(23)14(11)18)12-3-2-9(16)4-10(12)17/h2-5,7,19H,6H2,1H3. The molecule has 9 heteroatoms. The molecule has 0 radical (unpaired) electrons. The van der Waals surface area contributed by atoms with E-state index in [1.807, 2.05) is 6.92 Å². The Kier molecular flexibility index (Phi) is 5.10. The average molecular weight is 402 g/mol. The van der Waals surface area contributed by atoms with Gasteiger partial charge in [-0.2, -0.15) is 9.78 Å².